The van der Waals surface area contributed by atoms with E-state index in [9.17, 15) is 0 Å². The van der Waals surface area contributed by atoms with Crippen LogP contribution in [0.15, 0.2) is 21.7 Å². The fourth-order valence-corrected chi connectivity index (χ4v) is 2.31. The Morgan fingerprint density at radius 3 is 3.11 bits per heavy atom. The van der Waals surface area contributed by atoms with Crippen LogP contribution >= 0.6 is 34.7 Å². The highest BCUT2D eigenvalue weighted by Crippen LogP contribution is 2.22. The third-order valence-corrected chi connectivity index (χ3v) is 3.36. The summed E-state index contributed by atoms with van der Waals surface area (Å²) in [6.07, 6.45) is 0. The molecule has 0 saturated heterocycles. The summed E-state index contributed by atoms with van der Waals surface area (Å²) in [6, 6.07) is 4.17. The highest BCUT2D eigenvalue weighted by atomic mass is 35.5. The Morgan fingerprint density at radius 1 is 1.67 bits per heavy atom. The van der Waals surface area contributed by atoms with Gasteiger partial charge in [0.15, 0.2) is 0 Å². The van der Waals surface area contributed by atoms with Gasteiger partial charge in [0.2, 0.25) is 0 Å². The second kappa shape index (κ2) is 4.20. The molecule has 0 aliphatic heterocycles. The summed E-state index contributed by atoms with van der Waals surface area (Å²) < 4.78 is 1.36. The molecule has 1 aromatic heterocycles. The molecular formula is C6H7ClS2. The van der Waals surface area contributed by atoms with Gasteiger partial charge in [0.05, 0.1) is 4.21 Å². The van der Waals surface area contributed by atoms with Gasteiger partial charge in [-0.15, -0.1) is 34.7 Å². The quantitative estimate of drug-likeness (QED) is 0.507. The maximum Gasteiger partial charge on any atom is 0.0598 e. The predicted octanol–water partition coefficient (Wildman–Crippen LogP) is 3.08. The Hall–Kier alpha value is 0.340. The lowest BCUT2D eigenvalue weighted by Crippen LogP contribution is -1.74. The van der Waals surface area contributed by atoms with Crippen LogP contribution in [0.2, 0.25) is 0 Å². The van der Waals surface area contributed by atoms with Crippen LogP contribution < -0.4 is 0 Å². The minimum Gasteiger partial charge on any atom is -0.137 e. The molecule has 1 aromatic rings. The van der Waals surface area contributed by atoms with Gasteiger partial charge in [-0.3, -0.25) is 0 Å². The first-order valence-electron chi connectivity index (χ1n) is 2.66. The second-order valence-corrected chi connectivity index (χ2v) is 4.19. The van der Waals surface area contributed by atoms with E-state index in [1.54, 1.807) is 11.3 Å². The first-order chi connectivity index (χ1) is 4.43. The van der Waals surface area contributed by atoms with E-state index in [1.165, 1.54) is 4.21 Å². The number of hydrogen-bond acceptors (Lipinski definition) is 2. The van der Waals surface area contributed by atoms with Crippen molar-refractivity contribution < 1.29 is 0 Å². The summed E-state index contributed by atoms with van der Waals surface area (Å²) in [5.41, 5.74) is 0. The van der Waals surface area contributed by atoms with Crippen molar-refractivity contribution in [1.82, 2.24) is 0 Å². The Kier molecular flexibility index (Phi) is 3.48. The van der Waals surface area contributed by atoms with Gasteiger partial charge < -0.3 is 0 Å². The number of halogens is 1. The molecule has 0 bridgehead atoms. The molecule has 0 saturated carbocycles. The van der Waals surface area contributed by atoms with Crippen LogP contribution in [0.5, 0.6) is 0 Å². The van der Waals surface area contributed by atoms with Gasteiger partial charge >= 0.3 is 0 Å². The molecule has 0 aliphatic rings. The van der Waals surface area contributed by atoms with Crippen molar-refractivity contribution >= 4 is 34.7 Å². The van der Waals surface area contributed by atoms with Crippen LogP contribution in [0, 0.1) is 0 Å². The van der Waals surface area contributed by atoms with E-state index >= 15 is 0 Å². The van der Waals surface area contributed by atoms with Crippen molar-refractivity contribution in [2.24, 2.45) is 0 Å². The van der Waals surface area contributed by atoms with E-state index in [-0.39, 0.29) is 0 Å². The molecule has 0 amide bonds. The van der Waals surface area contributed by atoms with Gasteiger partial charge in [-0.2, -0.15) is 0 Å². The molecule has 1 rings (SSSR count). The molecule has 0 radical (unpaired) electrons. The third kappa shape index (κ3) is 2.61. The number of alkyl halides is 1. The Morgan fingerprint density at radius 2 is 2.56 bits per heavy atom. The topological polar surface area (TPSA) is 0 Å². The van der Waals surface area contributed by atoms with Crippen molar-refractivity contribution in [3.05, 3.63) is 17.5 Å². The van der Waals surface area contributed by atoms with Crippen molar-refractivity contribution in [1.29, 1.82) is 0 Å². The van der Waals surface area contributed by atoms with Gasteiger partial charge in [-0.1, -0.05) is 6.07 Å². The van der Waals surface area contributed by atoms with Crippen molar-refractivity contribution in [2.75, 3.05) is 11.6 Å². The van der Waals surface area contributed by atoms with E-state index in [1.807, 2.05) is 11.8 Å². The highest BCUT2D eigenvalue weighted by Gasteiger charge is 1.90. The molecular weight excluding hydrogens is 172 g/mol. The summed E-state index contributed by atoms with van der Waals surface area (Å²) in [5.74, 6) is 1.75. The molecule has 0 aliphatic carbocycles. The Labute approximate surface area is 68.2 Å². The summed E-state index contributed by atoms with van der Waals surface area (Å²) in [6.45, 7) is 0. The average molecular weight is 179 g/mol. The summed E-state index contributed by atoms with van der Waals surface area (Å²) in [5, 5.41) is 2.08. The lowest BCUT2D eigenvalue weighted by atomic mass is 10.7. The Bertz CT molecular complexity index is 148. The summed E-state index contributed by atoms with van der Waals surface area (Å²) in [4.78, 5) is 0. The van der Waals surface area contributed by atoms with E-state index < -0.39 is 0 Å². The van der Waals surface area contributed by atoms with E-state index in [0.29, 0.717) is 0 Å². The van der Waals surface area contributed by atoms with Crippen molar-refractivity contribution in [3.8, 4) is 0 Å². The number of thioether (sulfide) groups is 1. The second-order valence-electron chi connectivity index (χ2n) is 1.47. The fraction of sp³-hybridized carbons (Fsp3) is 0.333. The van der Waals surface area contributed by atoms with Crippen molar-refractivity contribution in [2.45, 2.75) is 4.21 Å². The normalized spacial score (nSPS) is 9.89. The van der Waals surface area contributed by atoms with Crippen LogP contribution in [0.1, 0.15) is 0 Å². The Balaban J connectivity index is 2.30. The number of rotatable bonds is 3. The fourth-order valence-electron chi connectivity index (χ4n) is 0.485. The number of thiophene rings is 1. The summed E-state index contributed by atoms with van der Waals surface area (Å²) >= 11 is 9.08. The predicted molar refractivity (Wildman–Crippen MR) is 45.8 cm³/mol. The minimum atomic E-state index is 0.739. The first kappa shape index (κ1) is 7.45. The zero-order valence-corrected chi connectivity index (χ0v) is 7.23. The van der Waals surface area contributed by atoms with Crippen LogP contribution in [-0.2, 0) is 0 Å². The molecule has 0 N–H and O–H groups in total. The van der Waals surface area contributed by atoms with Gasteiger partial charge in [0, 0.05) is 11.6 Å². The molecule has 50 valence electrons. The highest BCUT2D eigenvalue weighted by molar-refractivity contribution is 8.01. The molecule has 0 spiro atoms. The average Bonchev–Trinajstić information content (AvgIpc) is 2.34. The molecule has 1 heterocycles. The van der Waals surface area contributed by atoms with Gasteiger partial charge in [0.25, 0.3) is 0 Å². The molecule has 9 heavy (non-hydrogen) atoms. The minimum absolute atomic E-state index is 0.739. The van der Waals surface area contributed by atoms with Crippen molar-refractivity contribution in [3.63, 3.8) is 0 Å². The summed E-state index contributed by atoms with van der Waals surface area (Å²) in [7, 11) is 0. The van der Waals surface area contributed by atoms with E-state index in [2.05, 4.69) is 17.5 Å². The molecule has 0 atom stereocenters. The van der Waals surface area contributed by atoms with Crippen LogP contribution in [0.4, 0.5) is 0 Å². The molecule has 3 heteroatoms. The largest absolute Gasteiger partial charge is 0.137 e. The van der Waals surface area contributed by atoms with Gasteiger partial charge in [-0.25, -0.2) is 0 Å². The standard InChI is InChI=1S/C6H7ClS2/c7-3-5-9-6-2-1-4-8-6/h1-2,4H,3,5H2. The first-order valence-corrected chi connectivity index (χ1v) is 5.06. The zero-order valence-electron chi connectivity index (χ0n) is 4.84. The smallest absolute Gasteiger partial charge is 0.0598 e. The van der Waals surface area contributed by atoms with Crippen LogP contribution in [0.25, 0.3) is 0 Å². The van der Waals surface area contributed by atoms with Gasteiger partial charge in [-0.05, 0) is 11.4 Å². The molecule has 0 unspecified atom stereocenters. The maximum atomic E-state index is 5.50. The lowest BCUT2D eigenvalue weighted by molar-refractivity contribution is 1.52. The molecule has 0 fully saturated rings. The van der Waals surface area contributed by atoms with E-state index in [0.717, 1.165) is 11.6 Å². The number of hydrogen-bond donors (Lipinski definition) is 0. The van der Waals surface area contributed by atoms with E-state index in [4.69, 9.17) is 11.6 Å². The maximum absolute atomic E-state index is 5.50. The zero-order chi connectivity index (χ0) is 6.53. The lowest BCUT2D eigenvalue weighted by Gasteiger charge is -1.89. The monoisotopic (exact) mass is 178 g/mol. The van der Waals surface area contributed by atoms with Crippen LogP contribution in [0.3, 0.4) is 0 Å². The SMILES string of the molecule is ClCCSc1cccs1. The molecule has 0 nitrogen and oxygen atoms in total. The third-order valence-electron chi connectivity index (χ3n) is 0.817. The molecule has 0 aromatic carbocycles. The van der Waals surface area contributed by atoms with Gasteiger partial charge in [0.1, 0.15) is 0 Å². The van der Waals surface area contributed by atoms with Crippen LogP contribution in [-0.4, -0.2) is 11.6 Å².